The largest absolute Gasteiger partial charge is 0.354 e. The fraction of sp³-hybridized carbons (Fsp3) is 0.929. The third-order valence-electron chi connectivity index (χ3n) is 5.23. The van der Waals surface area contributed by atoms with Gasteiger partial charge in [-0.25, -0.2) is 8.42 Å². The zero-order valence-electron chi connectivity index (χ0n) is 11.9. The van der Waals surface area contributed by atoms with Gasteiger partial charge in [0.05, 0.1) is 18.1 Å². The fourth-order valence-electron chi connectivity index (χ4n) is 3.50. The van der Waals surface area contributed by atoms with Crippen molar-refractivity contribution in [3.05, 3.63) is 0 Å². The van der Waals surface area contributed by atoms with Crippen LogP contribution in [0, 0.1) is 11.3 Å². The maximum Gasteiger partial charge on any atom is 0.234 e. The highest BCUT2D eigenvalue weighted by molar-refractivity contribution is 7.91. The lowest BCUT2D eigenvalue weighted by Gasteiger charge is -2.42. The standard InChI is InChI=1S/C14H24N2O3S/c17-13(10-16-6-8-20(18,19)9-7-16)15-11-14(4-1-5-14)12-2-3-12/h12H,1-11H2,(H,15,17). The van der Waals surface area contributed by atoms with Crippen molar-refractivity contribution >= 4 is 15.7 Å². The average molecular weight is 300 g/mol. The second-order valence-electron chi connectivity index (χ2n) is 6.69. The van der Waals surface area contributed by atoms with Gasteiger partial charge >= 0.3 is 0 Å². The van der Waals surface area contributed by atoms with Crippen LogP contribution in [0.25, 0.3) is 0 Å². The van der Waals surface area contributed by atoms with E-state index in [1.807, 2.05) is 4.90 Å². The summed E-state index contributed by atoms with van der Waals surface area (Å²) in [5.74, 6) is 1.27. The van der Waals surface area contributed by atoms with Gasteiger partial charge < -0.3 is 5.32 Å². The van der Waals surface area contributed by atoms with E-state index in [1.54, 1.807) is 0 Å². The molecule has 20 heavy (non-hydrogen) atoms. The summed E-state index contributed by atoms with van der Waals surface area (Å²) in [6.07, 6.45) is 6.50. The Morgan fingerprint density at radius 1 is 1.20 bits per heavy atom. The topological polar surface area (TPSA) is 66.5 Å². The fourth-order valence-corrected chi connectivity index (χ4v) is 4.77. The predicted molar refractivity (Wildman–Crippen MR) is 77.1 cm³/mol. The molecule has 0 unspecified atom stereocenters. The molecule has 0 radical (unpaired) electrons. The minimum Gasteiger partial charge on any atom is -0.354 e. The molecule has 0 aromatic carbocycles. The number of carbonyl (C=O) groups is 1. The van der Waals surface area contributed by atoms with Crippen molar-refractivity contribution in [1.82, 2.24) is 10.2 Å². The number of sulfone groups is 1. The predicted octanol–water partition coefficient (Wildman–Crippen LogP) is 0.413. The van der Waals surface area contributed by atoms with E-state index in [-0.39, 0.29) is 17.4 Å². The molecule has 3 aliphatic rings. The summed E-state index contributed by atoms with van der Waals surface area (Å²) in [6.45, 7) is 2.14. The van der Waals surface area contributed by atoms with E-state index in [4.69, 9.17) is 0 Å². The summed E-state index contributed by atoms with van der Waals surface area (Å²) in [7, 11) is -2.86. The molecule has 6 heteroatoms. The Labute approximate surface area is 121 Å². The van der Waals surface area contributed by atoms with Gasteiger partial charge in [-0.05, 0) is 37.0 Å². The maximum absolute atomic E-state index is 12.0. The molecule has 3 fully saturated rings. The van der Waals surface area contributed by atoms with Gasteiger partial charge in [0.2, 0.25) is 5.91 Å². The first-order valence-electron chi connectivity index (χ1n) is 7.69. The minimum absolute atomic E-state index is 0.0521. The van der Waals surface area contributed by atoms with Crippen LogP contribution in [-0.2, 0) is 14.6 Å². The van der Waals surface area contributed by atoms with Crippen molar-refractivity contribution in [3.8, 4) is 0 Å². The Balaban J connectivity index is 1.41. The number of nitrogens with one attached hydrogen (secondary N) is 1. The van der Waals surface area contributed by atoms with Gasteiger partial charge in [-0.15, -0.1) is 0 Å². The zero-order chi connectivity index (χ0) is 14.2. The van der Waals surface area contributed by atoms with Crippen LogP contribution in [0.1, 0.15) is 32.1 Å². The number of nitrogens with zero attached hydrogens (tertiary/aromatic N) is 1. The van der Waals surface area contributed by atoms with E-state index < -0.39 is 9.84 Å². The quantitative estimate of drug-likeness (QED) is 0.799. The lowest BCUT2D eigenvalue weighted by atomic mass is 9.65. The molecule has 0 aromatic rings. The Kier molecular flexibility index (Phi) is 3.79. The molecule has 114 valence electrons. The monoisotopic (exact) mass is 300 g/mol. The third kappa shape index (κ3) is 3.17. The van der Waals surface area contributed by atoms with Crippen LogP contribution in [0.5, 0.6) is 0 Å². The van der Waals surface area contributed by atoms with Crippen molar-refractivity contribution < 1.29 is 13.2 Å². The second-order valence-corrected chi connectivity index (χ2v) is 9.00. The van der Waals surface area contributed by atoms with E-state index in [0.717, 1.165) is 12.5 Å². The van der Waals surface area contributed by atoms with Crippen molar-refractivity contribution in [2.24, 2.45) is 11.3 Å². The second kappa shape index (κ2) is 5.30. The summed E-state index contributed by atoms with van der Waals surface area (Å²) in [5, 5.41) is 3.08. The maximum atomic E-state index is 12.0. The van der Waals surface area contributed by atoms with Gasteiger partial charge in [0.1, 0.15) is 0 Å². The Morgan fingerprint density at radius 3 is 2.35 bits per heavy atom. The first-order valence-corrected chi connectivity index (χ1v) is 9.51. The van der Waals surface area contributed by atoms with Crippen LogP contribution < -0.4 is 5.32 Å². The summed E-state index contributed by atoms with van der Waals surface area (Å²) >= 11 is 0. The lowest BCUT2D eigenvalue weighted by Crippen LogP contribution is -2.49. The first-order chi connectivity index (χ1) is 9.49. The molecule has 0 spiro atoms. The first kappa shape index (κ1) is 14.3. The Morgan fingerprint density at radius 2 is 1.85 bits per heavy atom. The molecule has 2 saturated carbocycles. The molecule has 1 amide bonds. The van der Waals surface area contributed by atoms with E-state index in [0.29, 0.717) is 25.0 Å². The minimum atomic E-state index is -2.86. The summed E-state index contributed by atoms with van der Waals surface area (Å²) in [6, 6.07) is 0. The van der Waals surface area contributed by atoms with Gasteiger partial charge in [0, 0.05) is 19.6 Å². The van der Waals surface area contributed by atoms with Gasteiger partial charge in [0.25, 0.3) is 0 Å². The SMILES string of the molecule is O=C(CN1CCS(=O)(=O)CC1)NCC1(C2CC2)CCC1. The van der Waals surface area contributed by atoms with E-state index in [2.05, 4.69) is 5.32 Å². The molecule has 0 bridgehead atoms. The van der Waals surface area contributed by atoms with Gasteiger partial charge in [-0.1, -0.05) is 6.42 Å². The molecule has 3 rings (SSSR count). The third-order valence-corrected chi connectivity index (χ3v) is 6.84. The van der Waals surface area contributed by atoms with Crippen LogP contribution in [-0.4, -0.2) is 56.9 Å². The number of rotatable bonds is 5. The van der Waals surface area contributed by atoms with Crippen molar-refractivity contribution in [2.45, 2.75) is 32.1 Å². The van der Waals surface area contributed by atoms with Gasteiger partial charge in [-0.2, -0.15) is 0 Å². The molecule has 0 aromatic heterocycles. The molecule has 2 aliphatic carbocycles. The van der Waals surface area contributed by atoms with E-state index >= 15 is 0 Å². The normalized spacial score (nSPS) is 28.6. The summed E-state index contributed by atoms with van der Waals surface area (Å²) < 4.78 is 22.7. The molecule has 1 heterocycles. The number of hydrogen-bond acceptors (Lipinski definition) is 4. The van der Waals surface area contributed by atoms with E-state index in [9.17, 15) is 13.2 Å². The zero-order valence-corrected chi connectivity index (χ0v) is 12.8. The summed E-state index contributed by atoms with van der Waals surface area (Å²) in [5.41, 5.74) is 0.404. The number of amides is 1. The highest BCUT2D eigenvalue weighted by atomic mass is 32.2. The molecule has 1 aliphatic heterocycles. The smallest absolute Gasteiger partial charge is 0.234 e. The molecule has 1 saturated heterocycles. The van der Waals surface area contributed by atoms with Crippen molar-refractivity contribution in [2.75, 3.05) is 37.7 Å². The van der Waals surface area contributed by atoms with Crippen molar-refractivity contribution in [3.63, 3.8) is 0 Å². The highest BCUT2D eigenvalue weighted by Crippen LogP contribution is 2.56. The van der Waals surface area contributed by atoms with E-state index in [1.165, 1.54) is 32.1 Å². The number of hydrogen-bond donors (Lipinski definition) is 1. The molecule has 5 nitrogen and oxygen atoms in total. The van der Waals surface area contributed by atoms with Crippen LogP contribution in [0.3, 0.4) is 0 Å². The Bertz CT molecular complexity index is 467. The molecule has 1 N–H and O–H groups in total. The Hall–Kier alpha value is -0.620. The van der Waals surface area contributed by atoms with Crippen molar-refractivity contribution in [1.29, 1.82) is 0 Å². The summed E-state index contributed by atoms with van der Waals surface area (Å²) in [4.78, 5) is 13.9. The van der Waals surface area contributed by atoms with Crippen LogP contribution in [0.4, 0.5) is 0 Å². The molecule has 0 atom stereocenters. The number of carbonyl (C=O) groups excluding carboxylic acids is 1. The molecular weight excluding hydrogens is 276 g/mol. The van der Waals surface area contributed by atoms with Gasteiger partial charge in [0.15, 0.2) is 9.84 Å². The van der Waals surface area contributed by atoms with Crippen LogP contribution in [0.15, 0.2) is 0 Å². The average Bonchev–Trinajstić information content (AvgIpc) is 3.15. The van der Waals surface area contributed by atoms with Gasteiger partial charge in [-0.3, -0.25) is 9.69 Å². The van der Waals surface area contributed by atoms with Crippen LogP contribution in [0.2, 0.25) is 0 Å². The molecular formula is C14H24N2O3S. The lowest BCUT2D eigenvalue weighted by molar-refractivity contribution is -0.123. The van der Waals surface area contributed by atoms with Crippen LogP contribution >= 0.6 is 0 Å². The highest BCUT2D eigenvalue weighted by Gasteiger charge is 2.48.